The largest absolute Gasteiger partial charge is 0.462 e. The summed E-state index contributed by atoms with van der Waals surface area (Å²) in [5.41, 5.74) is 2.32. The summed E-state index contributed by atoms with van der Waals surface area (Å²) < 4.78 is 12.2. The van der Waals surface area contributed by atoms with Gasteiger partial charge in [0, 0.05) is 14.2 Å². The molecule has 4 aromatic rings. The van der Waals surface area contributed by atoms with Gasteiger partial charge in [-0.25, -0.2) is 4.79 Å². The van der Waals surface area contributed by atoms with E-state index in [4.69, 9.17) is 32.7 Å². The van der Waals surface area contributed by atoms with Crippen LogP contribution in [0.4, 0.5) is 11.4 Å². The minimum absolute atomic E-state index is 0.230. The Morgan fingerprint density at radius 1 is 0.660 bits per heavy atom. The van der Waals surface area contributed by atoms with Crippen LogP contribution in [0.25, 0.3) is 0 Å². The molecule has 0 aliphatic heterocycles. The first kappa shape index (κ1) is 38.3. The number of esters is 2. The van der Waals surface area contributed by atoms with Crippen molar-refractivity contribution in [3.63, 3.8) is 0 Å². The predicted molar refractivity (Wildman–Crippen MR) is 199 cm³/mol. The number of rotatable bonds is 9. The second-order valence-corrected chi connectivity index (χ2v) is 27.7. The Labute approximate surface area is 302 Å². The van der Waals surface area contributed by atoms with Gasteiger partial charge in [-0.3, -0.25) is 4.79 Å². The fraction of sp³-hybridized carbons (Fsp3) is 0.200. The number of amides is 2. The molecule has 12 heteroatoms. The van der Waals surface area contributed by atoms with E-state index >= 15 is 0 Å². The van der Waals surface area contributed by atoms with Crippen molar-refractivity contribution >= 4 is 103 Å². The Morgan fingerprint density at radius 2 is 1.11 bits per heavy atom. The second-order valence-electron chi connectivity index (χ2n) is 11.1. The van der Waals surface area contributed by atoms with Crippen LogP contribution in [0.3, 0.4) is 0 Å². The van der Waals surface area contributed by atoms with Crippen molar-refractivity contribution in [2.75, 3.05) is 23.8 Å². The van der Waals surface area contributed by atoms with Gasteiger partial charge in [-0.2, -0.15) is 0 Å². The smallest absolute Gasteiger partial charge is 0.340 e. The number of benzene rings is 4. The number of ether oxygens (including phenoxy) is 2. The van der Waals surface area contributed by atoms with Crippen LogP contribution < -0.4 is 14.2 Å². The average molecular weight is 896 g/mol. The maximum absolute atomic E-state index is 12.6. The van der Waals surface area contributed by atoms with Crippen molar-refractivity contribution in [2.45, 2.75) is 28.7 Å². The summed E-state index contributed by atoms with van der Waals surface area (Å²) >= 11 is 11.7. The van der Waals surface area contributed by atoms with E-state index in [1.807, 2.05) is 18.2 Å². The third kappa shape index (κ3) is 11.5. The number of hydrogen-bond donors (Lipinski definition) is 2. The zero-order valence-corrected chi connectivity index (χ0v) is 33.1. The molecule has 0 fully saturated rings. The summed E-state index contributed by atoms with van der Waals surface area (Å²) in [5, 5.41) is 6.32. The van der Waals surface area contributed by atoms with Gasteiger partial charge in [-0.05, 0) is 65.9 Å². The third-order valence-electron chi connectivity index (χ3n) is 6.53. The monoisotopic (exact) mass is 896 g/mol. The van der Waals surface area contributed by atoms with Crippen molar-refractivity contribution in [3.05, 3.63) is 121 Å². The van der Waals surface area contributed by atoms with Crippen LogP contribution in [0.15, 0.2) is 84.9 Å². The molecule has 0 bridgehead atoms. The number of halogens is 3. The van der Waals surface area contributed by atoms with Crippen molar-refractivity contribution in [1.82, 2.24) is 0 Å². The molecule has 8 nitrogen and oxygen atoms in total. The van der Waals surface area contributed by atoms with Crippen molar-refractivity contribution < 1.29 is 28.7 Å². The van der Waals surface area contributed by atoms with Crippen LogP contribution in [0.2, 0.25) is 24.9 Å². The Hall–Kier alpha value is -3.13. The molecule has 0 heterocycles. The molecule has 0 aliphatic rings. The molecule has 0 atom stereocenters. The van der Waals surface area contributed by atoms with Crippen LogP contribution in [-0.4, -0.2) is 55.3 Å². The van der Waals surface area contributed by atoms with Crippen molar-refractivity contribution in [3.8, 4) is 0 Å². The summed E-state index contributed by atoms with van der Waals surface area (Å²) in [6.07, 6.45) is 0. The third-order valence-corrected chi connectivity index (χ3v) is 13.5. The minimum atomic E-state index is -2.27. The van der Waals surface area contributed by atoms with E-state index in [0.29, 0.717) is 32.5 Å². The van der Waals surface area contributed by atoms with Crippen molar-refractivity contribution in [1.29, 1.82) is 0 Å². The first-order valence-corrected chi connectivity index (χ1v) is 26.5. The molecule has 0 spiro atoms. The van der Waals surface area contributed by atoms with E-state index in [9.17, 15) is 19.2 Å². The van der Waals surface area contributed by atoms with Crippen LogP contribution in [0.5, 0.6) is 0 Å². The predicted octanol–water partition coefficient (Wildman–Crippen LogP) is 8.69. The maximum atomic E-state index is 12.6. The first-order valence-electron chi connectivity index (χ1n) is 14.7. The Kier molecular flexibility index (Phi) is 14.6. The molecular weight excluding hydrogens is 861 g/mol. The van der Waals surface area contributed by atoms with Gasteiger partial charge in [0.15, 0.2) is 0 Å². The van der Waals surface area contributed by atoms with Crippen molar-refractivity contribution in [2.24, 2.45) is 0 Å². The molecule has 0 aromatic heterocycles. The van der Waals surface area contributed by atoms with Gasteiger partial charge in [0.1, 0.15) is 0 Å². The number of nitrogens with one attached hydrogen (secondary N) is 2. The van der Waals surface area contributed by atoms with E-state index in [-0.39, 0.29) is 36.2 Å². The summed E-state index contributed by atoms with van der Waals surface area (Å²) in [4.78, 5) is 55.9. The molecule has 0 saturated carbocycles. The number of carbonyl (C=O) groups is 4. The molecule has 0 saturated heterocycles. The zero-order chi connectivity index (χ0) is 34.7. The van der Waals surface area contributed by atoms with E-state index in [1.165, 1.54) is 15.7 Å². The fourth-order valence-corrected chi connectivity index (χ4v) is 8.42. The molecule has 246 valence electrons. The Morgan fingerprint density at radius 3 is 1.53 bits per heavy atom. The second kappa shape index (κ2) is 17.9. The fourth-order valence-electron chi connectivity index (χ4n) is 4.15. The summed E-state index contributed by atoms with van der Waals surface area (Å²) in [6, 6.07) is 24.3. The Balaban J connectivity index is 0.000000257. The standard InChI is InChI=1S/C16H13ClINO3.C16H13ClNO3.3CH3.Sn/c1-2-22-16(21)13-9-11(17)6-7-14(13)19-15(20)10-4-3-5-12(18)8-10;1-2-21-16(20)13-10-12(17)8-9-14(13)18-15(19)11-6-4-3-5-7-11;;;;/h3-9H,2H2,1H3,(H,19,20);3-4,6-10H,2H2,1H3,(H,18,19);3*1H3;. The van der Waals surface area contributed by atoms with E-state index < -0.39 is 30.3 Å². The van der Waals surface area contributed by atoms with E-state index in [0.717, 1.165) is 3.57 Å². The van der Waals surface area contributed by atoms with E-state index in [1.54, 1.807) is 62.4 Å². The first-order chi connectivity index (χ1) is 22.2. The van der Waals surface area contributed by atoms with E-state index in [2.05, 4.69) is 54.1 Å². The van der Waals surface area contributed by atoms with Gasteiger partial charge in [0.25, 0.3) is 5.91 Å². The molecule has 2 amide bonds. The topological polar surface area (TPSA) is 111 Å². The van der Waals surface area contributed by atoms with Gasteiger partial charge in [0.2, 0.25) is 0 Å². The van der Waals surface area contributed by atoms with Gasteiger partial charge in [-0.15, -0.1) is 0 Å². The summed E-state index contributed by atoms with van der Waals surface area (Å²) in [5.74, 6) is -1.60. The SMILES string of the molecule is CCOC(=O)c1cc(Cl)ccc1NC(=O)c1ccc[c]([Sn]([CH3])([CH3])[CH3])c1.CCOC(=O)c1cc(Cl)ccc1NC(=O)c1cccc(I)c1. The van der Waals surface area contributed by atoms with Gasteiger partial charge in [-0.1, -0.05) is 17.7 Å². The Bertz CT molecular complexity index is 1780. The molecule has 0 radical (unpaired) electrons. The minimum Gasteiger partial charge on any atom is -0.462 e. The molecule has 2 N–H and O–H groups in total. The van der Waals surface area contributed by atoms with Gasteiger partial charge >= 0.3 is 164 Å². The molecule has 4 aromatic carbocycles. The maximum Gasteiger partial charge on any atom is 0.340 e. The number of anilines is 2. The molecule has 0 aliphatic carbocycles. The molecule has 47 heavy (non-hydrogen) atoms. The van der Waals surface area contributed by atoms with Crippen LogP contribution in [0, 0.1) is 3.57 Å². The summed E-state index contributed by atoms with van der Waals surface area (Å²) in [6.45, 7) is 3.94. The number of hydrogen-bond acceptors (Lipinski definition) is 6. The normalized spacial score (nSPS) is 10.6. The van der Waals surface area contributed by atoms with Crippen LogP contribution in [0.1, 0.15) is 55.3 Å². The molecule has 0 unspecified atom stereocenters. The molecular formula is C35H35Cl2IN2O6Sn. The number of carbonyl (C=O) groups excluding carboxylic acids is 4. The average Bonchev–Trinajstić information content (AvgIpc) is 3.03. The van der Waals surface area contributed by atoms with Gasteiger partial charge in [0.05, 0.1) is 17.9 Å². The zero-order valence-electron chi connectivity index (χ0n) is 26.6. The van der Waals surface area contributed by atoms with Crippen LogP contribution in [-0.2, 0) is 9.47 Å². The van der Waals surface area contributed by atoms with Crippen LogP contribution >= 0.6 is 45.8 Å². The summed E-state index contributed by atoms with van der Waals surface area (Å²) in [7, 11) is 0. The van der Waals surface area contributed by atoms with Gasteiger partial charge < -0.3 is 10.1 Å². The quantitative estimate of drug-likeness (QED) is 0.0989. The molecule has 4 rings (SSSR count).